The third-order valence-corrected chi connectivity index (χ3v) is 6.51. The van der Waals surface area contributed by atoms with E-state index in [0.717, 1.165) is 26.3 Å². The van der Waals surface area contributed by atoms with Gasteiger partial charge in [0.15, 0.2) is 18.0 Å². The monoisotopic (exact) mass is 642 g/mol. The van der Waals surface area contributed by atoms with Crippen LogP contribution in [-0.2, 0) is 49.5 Å². The molecule has 0 aliphatic carbocycles. The molecule has 1 fully saturated rings. The van der Waals surface area contributed by atoms with E-state index in [1.165, 1.54) is 19.1 Å². The summed E-state index contributed by atoms with van der Waals surface area (Å²) in [6.07, 6.45) is -6.91. The third-order valence-electron chi connectivity index (χ3n) is 6.51. The zero-order valence-corrected chi connectivity index (χ0v) is 25.8. The van der Waals surface area contributed by atoms with Gasteiger partial charge in [0, 0.05) is 33.8 Å². The summed E-state index contributed by atoms with van der Waals surface area (Å²) < 4.78 is 50.5. The first kappa shape index (κ1) is 33.8. The lowest BCUT2D eigenvalue weighted by atomic mass is 9.98. The summed E-state index contributed by atoms with van der Waals surface area (Å²) in [6.45, 7) is 6.13. The van der Waals surface area contributed by atoms with Crippen molar-refractivity contribution in [3.05, 3.63) is 64.5 Å². The molecule has 0 spiro atoms. The third kappa shape index (κ3) is 8.53. The van der Waals surface area contributed by atoms with Crippen molar-refractivity contribution < 1.29 is 61.5 Å². The van der Waals surface area contributed by atoms with Crippen molar-refractivity contribution >= 4 is 34.8 Å². The maximum atomic E-state index is 12.9. The second-order valence-corrected chi connectivity index (χ2v) is 10.1. The van der Waals surface area contributed by atoms with Crippen LogP contribution in [0, 0.1) is 0 Å². The lowest BCUT2D eigenvalue weighted by molar-refractivity contribution is -0.288. The van der Waals surface area contributed by atoms with E-state index in [1.54, 1.807) is 13.0 Å². The van der Waals surface area contributed by atoms with Gasteiger partial charge in [-0.05, 0) is 24.6 Å². The van der Waals surface area contributed by atoms with Crippen LogP contribution in [0.25, 0.3) is 11.0 Å². The lowest BCUT2D eigenvalue weighted by Gasteiger charge is -2.43. The Morgan fingerprint density at radius 1 is 0.761 bits per heavy atom. The quantitative estimate of drug-likeness (QED) is 0.160. The molecule has 3 aromatic rings. The van der Waals surface area contributed by atoms with Crippen molar-refractivity contribution in [1.29, 1.82) is 0 Å². The highest BCUT2D eigenvalue weighted by Crippen LogP contribution is 2.37. The molecule has 5 atom stereocenters. The molecule has 0 radical (unpaired) electrons. The number of fused-ring (bicyclic) bond motifs is 1. The molecule has 1 aromatic heterocycles. The molecule has 1 aliphatic rings. The van der Waals surface area contributed by atoms with Gasteiger partial charge in [0.05, 0.1) is 12.0 Å². The summed E-state index contributed by atoms with van der Waals surface area (Å²) in [5, 5.41) is 0.396. The van der Waals surface area contributed by atoms with Crippen molar-refractivity contribution in [2.75, 3.05) is 13.2 Å². The van der Waals surface area contributed by atoms with Gasteiger partial charge in [-0.1, -0.05) is 30.3 Å². The Balaban J connectivity index is 1.72. The topological polar surface area (TPSA) is 172 Å². The van der Waals surface area contributed by atoms with Gasteiger partial charge in [0.1, 0.15) is 30.7 Å². The van der Waals surface area contributed by atoms with E-state index < -0.39 is 66.8 Å². The molecule has 246 valence electrons. The van der Waals surface area contributed by atoms with Crippen LogP contribution in [0.1, 0.15) is 40.2 Å². The molecule has 0 amide bonds. The average Bonchev–Trinajstić information content (AvgIpc) is 2.99. The molecule has 2 aromatic carbocycles. The number of esters is 4. The Labute approximate surface area is 263 Å². The fourth-order valence-electron chi connectivity index (χ4n) is 4.77. The van der Waals surface area contributed by atoms with Crippen molar-refractivity contribution in [2.24, 2.45) is 0 Å². The van der Waals surface area contributed by atoms with Crippen molar-refractivity contribution in [2.45, 2.75) is 71.9 Å². The molecule has 46 heavy (non-hydrogen) atoms. The van der Waals surface area contributed by atoms with E-state index in [0.29, 0.717) is 5.39 Å². The summed E-state index contributed by atoms with van der Waals surface area (Å²) in [5.74, 6) is -2.85. The van der Waals surface area contributed by atoms with Gasteiger partial charge in [-0.2, -0.15) is 0 Å². The molecular weight excluding hydrogens is 608 g/mol. The van der Waals surface area contributed by atoms with Gasteiger partial charge in [-0.15, -0.1) is 0 Å². The summed E-state index contributed by atoms with van der Waals surface area (Å²) in [5.41, 5.74) is 0.136. The summed E-state index contributed by atoms with van der Waals surface area (Å²) in [6, 6.07) is 13.8. The van der Waals surface area contributed by atoms with Gasteiger partial charge in [0.25, 0.3) is 0 Å². The van der Waals surface area contributed by atoms with Crippen molar-refractivity contribution in [3.8, 4) is 17.2 Å². The highest BCUT2D eigenvalue weighted by molar-refractivity contribution is 5.86. The Kier molecular flexibility index (Phi) is 11.2. The summed E-state index contributed by atoms with van der Waals surface area (Å²) in [7, 11) is 0. The standard InChI is InChI=1S/C32H34O14/c1-6-38-29-26(40-15-21-10-8-7-9-11-21)23-13-12-22(14-24(23)45-31(29)37)44-32-30(43-20(5)36)28(42-19(4)35)27(41-18(3)34)25(46-32)16-39-17(2)33/h7-14,25,27-28,30,32H,6,15-16H2,1-5H3/t25-,27-,28+,30-,32-/m1/s1. The Hall–Kier alpha value is -5.11. The molecule has 0 saturated carbocycles. The first-order valence-corrected chi connectivity index (χ1v) is 14.3. The highest BCUT2D eigenvalue weighted by atomic mass is 16.7. The first-order valence-electron chi connectivity index (χ1n) is 14.3. The van der Waals surface area contributed by atoms with Gasteiger partial charge in [-0.25, -0.2) is 4.79 Å². The fraction of sp³-hybridized carbons (Fsp3) is 0.406. The van der Waals surface area contributed by atoms with Crippen LogP contribution >= 0.6 is 0 Å². The first-order chi connectivity index (χ1) is 22.0. The Morgan fingerprint density at radius 3 is 2.04 bits per heavy atom. The molecule has 0 N–H and O–H groups in total. The second kappa shape index (κ2) is 15.3. The predicted octanol–water partition coefficient (Wildman–Crippen LogP) is 3.23. The Morgan fingerprint density at radius 2 is 1.41 bits per heavy atom. The van der Waals surface area contributed by atoms with E-state index in [9.17, 15) is 24.0 Å². The van der Waals surface area contributed by atoms with Crippen molar-refractivity contribution in [1.82, 2.24) is 0 Å². The van der Waals surface area contributed by atoms with Gasteiger partial charge in [0.2, 0.25) is 18.1 Å². The largest absolute Gasteiger partial charge is 0.484 e. The fourth-order valence-corrected chi connectivity index (χ4v) is 4.77. The number of carbonyl (C=O) groups excluding carboxylic acids is 4. The predicted molar refractivity (Wildman–Crippen MR) is 157 cm³/mol. The molecule has 0 unspecified atom stereocenters. The van der Waals surface area contributed by atoms with Crippen LogP contribution in [0.4, 0.5) is 0 Å². The average molecular weight is 643 g/mol. The van der Waals surface area contributed by atoms with E-state index in [2.05, 4.69) is 0 Å². The number of hydrogen-bond donors (Lipinski definition) is 0. The molecule has 14 heteroatoms. The summed E-state index contributed by atoms with van der Waals surface area (Å²) >= 11 is 0. The van der Waals surface area contributed by atoms with Gasteiger partial charge in [-0.3, -0.25) is 19.2 Å². The van der Waals surface area contributed by atoms with Crippen LogP contribution in [-0.4, -0.2) is 67.8 Å². The molecule has 0 bridgehead atoms. The minimum atomic E-state index is -1.48. The number of benzene rings is 2. The number of hydrogen-bond acceptors (Lipinski definition) is 14. The van der Waals surface area contributed by atoms with Crippen LogP contribution in [0.2, 0.25) is 0 Å². The highest BCUT2D eigenvalue weighted by Gasteiger charge is 2.53. The van der Waals surface area contributed by atoms with Crippen molar-refractivity contribution in [3.63, 3.8) is 0 Å². The van der Waals surface area contributed by atoms with Crippen LogP contribution in [0.15, 0.2) is 57.7 Å². The summed E-state index contributed by atoms with van der Waals surface area (Å²) in [4.78, 5) is 60.8. The SMILES string of the molecule is CCOc1c(OCc2ccccc2)c2ccc(O[C@@H]3O[C@H](COC(C)=O)[C@@H](OC(C)=O)[C@H](OC(C)=O)[C@H]3OC(C)=O)cc2oc1=O. The maximum absolute atomic E-state index is 12.9. The van der Waals surface area contributed by atoms with Gasteiger partial charge >= 0.3 is 29.5 Å². The minimum absolute atomic E-state index is 0.0691. The lowest BCUT2D eigenvalue weighted by Crippen LogP contribution is -2.63. The Bertz CT molecular complexity index is 1610. The molecule has 14 nitrogen and oxygen atoms in total. The van der Waals surface area contributed by atoms with E-state index >= 15 is 0 Å². The normalized spacial score (nSPS) is 20.7. The minimum Gasteiger partial charge on any atom is -0.484 e. The molecule has 2 heterocycles. The molecule has 1 aliphatic heterocycles. The number of carbonyl (C=O) groups is 4. The molecule has 1 saturated heterocycles. The maximum Gasteiger partial charge on any atom is 0.383 e. The van der Waals surface area contributed by atoms with Crippen LogP contribution in [0.5, 0.6) is 17.2 Å². The molecule has 4 rings (SSSR count). The van der Waals surface area contributed by atoms with E-state index in [1.807, 2.05) is 30.3 Å². The zero-order chi connectivity index (χ0) is 33.4. The van der Waals surface area contributed by atoms with E-state index in [-0.39, 0.29) is 36.0 Å². The zero-order valence-electron chi connectivity index (χ0n) is 25.8. The smallest absolute Gasteiger partial charge is 0.383 e. The number of ether oxygens (including phenoxy) is 8. The number of rotatable bonds is 12. The van der Waals surface area contributed by atoms with E-state index in [4.69, 9.17) is 42.3 Å². The second-order valence-electron chi connectivity index (χ2n) is 10.1. The van der Waals surface area contributed by atoms with Crippen LogP contribution in [0.3, 0.4) is 0 Å². The van der Waals surface area contributed by atoms with Gasteiger partial charge < -0.3 is 42.3 Å². The molecular formula is C32H34O14. The van der Waals surface area contributed by atoms with Crippen LogP contribution < -0.4 is 19.8 Å².